The van der Waals surface area contributed by atoms with Crippen LogP contribution in [0.4, 0.5) is 0 Å². The molecule has 0 aliphatic heterocycles. The molecule has 0 spiro atoms. The third kappa shape index (κ3) is 5.38. The topological polar surface area (TPSA) is 25.8 Å². The van der Waals surface area contributed by atoms with Crippen LogP contribution in [0.5, 0.6) is 0 Å². The second-order valence-corrected chi connectivity index (χ2v) is 16.3. The van der Waals surface area contributed by atoms with E-state index in [2.05, 4.69) is 172 Å². The zero-order valence-corrected chi connectivity index (χ0v) is 31.0. The van der Waals surface area contributed by atoms with E-state index in [1.807, 2.05) is 11.3 Å². The molecule has 10 rings (SSSR count). The number of fused-ring (bicyclic) bond motifs is 9. The molecular weight excluding hydrogens is 661 g/mol. The van der Waals surface area contributed by atoms with Crippen molar-refractivity contribution in [1.82, 2.24) is 9.97 Å². The van der Waals surface area contributed by atoms with Crippen LogP contribution in [0.25, 0.3) is 93.5 Å². The smallest absolute Gasteiger partial charge is 0.160 e. The Bertz CT molecular complexity index is 2900. The maximum atomic E-state index is 5.42. The van der Waals surface area contributed by atoms with Gasteiger partial charge in [-0.05, 0) is 102 Å². The van der Waals surface area contributed by atoms with Crippen LogP contribution in [0.3, 0.4) is 0 Å². The van der Waals surface area contributed by atoms with Gasteiger partial charge in [0.05, 0.1) is 11.4 Å². The number of hydrogen-bond donors (Lipinski definition) is 0. The lowest BCUT2D eigenvalue weighted by Crippen LogP contribution is -2.10. The van der Waals surface area contributed by atoms with Crippen molar-refractivity contribution in [2.24, 2.45) is 0 Å². The summed E-state index contributed by atoms with van der Waals surface area (Å²) in [6.07, 6.45) is 6.77. The van der Waals surface area contributed by atoms with E-state index in [9.17, 15) is 0 Å². The second kappa shape index (κ2) is 12.4. The second-order valence-electron chi connectivity index (χ2n) is 15.3. The van der Waals surface area contributed by atoms with Crippen LogP contribution in [0, 0.1) is 0 Å². The molecule has 0 saturated carbocycles. The minimum atomic E-state index is 0.0662. The molecule has 3 heteroatoms. The minimum absolute atomic E-state index is 0.0662. The normalized spacial score (nSPS) is 13.0. The molecule has 0 atom stereocenters. The Hall–Kier alpha value is -5.90. The van der Waals surface area contributed by atoms with Crippen LogP contribution >= 0.6 is 11.3 Å². The fourth-order valence-corrected chi connectivity index (χ4v) is 9.49. The summed E-state index contributed by atoms with van der Waals surface area (Å²) < 4.78 is 1.29. The van der Waals surface area contributed by atoms with Crippen molar-refractivity contribution in [3.63, 3.8) is 0 Å². The number of nitrogens with zero attached hydrogens (tertiary/aromatic N) is 2. The van der Waals surface area contributed by atoms with Gasteiger partial charge in [-0.25, -0.2) is 9.97 Å². The summed E-state index contributed by atoms with van der Waals surface area (Å²) in [5, 5.41) is 8.89. The van der Waals surface area contributed by atoms with E-state index in [1.165, 1.54) is 64.0 Å². The summed E-state index contributed by atoms with van der Waals surface area (Å²) >= 11 is 1.88. The van der Waals surface area contributed by atoms with Crippen molar-refractivity contribution in [3.8, 4) is 45.0 Å². The van der Waals surface area contributed by atoms with Gasteiger partial charge < -0.3 is 0 Å². The lowest BCUT2D eigenvalue weighted by atomic mass is 9.84. The standard InChI is InChI=1S/C50H38N2S/c1-50(2,3)33-25-27-38-37-26-24-32(28-43(37)35-17-8-9-18-36(35)44(38)29-33)49-51-45(39-19-10-7-16-34(39)31-14-5-4-6-15-31)30-46(52-49)42-22-13-21-41-40-20-11-12-23-47(40)53-48(41)42/h4-10,12-19,21-30H,11,20H2,1-3H3. The van der Waals surface area contributed by atoms with E-state index in [1.54, 1.807) is 0 Å². The van der Waals surface area contributed by atoms with Gasteiger partial charge in [-0.2, -0.15) is 0 Å². The summed E-state index contributed by atoms with van der Waals surface area (Å²) in [6.45, 7) is 6.86. The molecule has 7 aromatic carbocycles. The maximum absolute atomic E-state index is 5.42. The number of thiophene rings is 1. The van der Waals surface area contributed by atoms with E-state index in [0.717, 1.165) is 52.3 Å². The van der Waals surface area contributed by atoms with Gasteiger partial charge in [-0.1, -0.05) is 148 Å². The number of aromatic nitrogens is 2. The van der Waals surface area contributed by atoms with E-state index >= 15 is 0 Å². The number of allylic oxidation sites excluding steroid dienone is 1. The predicted octanol–water partition coefficient (Wildman–Crippen LogP) is 14.1. The Morgan fingerprint density at radius 2 is 1.13 bits per heavy atom. The molecule has 0 amide bonds. The molecular formula is C50H38N2S. The first-order chi connectivity index (χ1) is 25.9. The van der Waals surface area contributed by atoms with E-state index < -0.39 is 0 Å². The largest absolute Gasteiger partial charge is 0.228 e. The van der Waals surface area contributed by atoms with Gasteiger partial charge in [0.15, 0.2) is 5.82 Å². The predicted molar refractivity (Wildman–Crippen MR) is 228 cm³/mol. The lowest BCUT2D eigenvalue weighted by molar-refractivity contribution is 0.591. The first kappa shape index (κ1) is 31.8. The van der Waals surface area contributed by atoms with Crippen molar-refractivity contribution < 1.29 is 0 Å². The SMILES string of the molecule is CC(C)(C)c1ccc2c3ccc(-c4nc(-c5ccccc5-c5ccccc5)cc(-c5cccc6c7c(sc56)C=CCC7)n4)cc3c3ccccc3c2c1. The summed E-state index contributed by atoms with van der Waals surface area (Å²) in [5.41, 5.74) is 10.3. The molecule has 1 aliphatic rings. The Morgan fingerprint density at radius 3 is 1.91 bits per heavy atom. The highest BCUT2D eigenvalue weighted by Gasteiger charge is 2.21. The summed E-state index contributed by atoms with van der Waals surface area (Å²) in [5.74, 6) is 0.729. The molecule has 0 radical (unpaired) electrons. The summed E-state index contributed by atoms with van der Waals surface area (Å²) in [4.78, 5) is 12.2. The molecule has 1 aliphatic carbocycles. The van der Waals surface area contributed by atoms with Crippen molar-refractivity contribution in [1.29, 1.82) is 0 Å². The third-order valence-electron chi connectivity index (χ3n) is 10.9. The van der Waals surface area contributed by atoms with Crippen molar-refractivity contribution >= 4 is 59.8 Å². The number of hydrogen-bond acceptors (Lipinski definition) is 3. The van der Waals surface area contributed by atoms with Gasteiger partial charge in [0.1, 0.15) is 0 Å². The van der Waals surface area contributed by atoms with Crippen LogP contribution in [0.15, 0.2) is 146 Å². The minimum Gasteiger partial charge on any atom is -0.228 e. The van der Waals surface area contributed by atoms with Gasteiger partial charge in [-0.15, -0.1) is 11.3 Å². The zero-order valence-electron chi connectivity index (χ0n) is 30.2. The highest BCUT2D eigenvalue weighted by Crippen LogP contribution is 2.43. The fourth-order valence-electron chi connectivity index (χ4n) is 8.19. The molecule has 0 N–H and O–H groups in total. The molecule has 2 nitrogen and oxygen atoms in total. The van der Waals surface area contributed by atoms with Crippen molar-refractivity contribution in [2.45, 2.75) is 39.0 Å². The molecule has 0 fully saturated rings. The monoisotopic (exact) mass is 698 g/mol. The fraction of sp³-hybridized carbons (Fsp3) is 0.120. The Labute approximate surface area is 314 Å². The first-order valence-electron chi connectivity index (χ1n) is 18.5. The van der Waals surface area contributed by atoms with E-state index in [0.29, 0.717) is 0 Å². The van der Waals surface area contributed by atoms with Gasteiger partial charge in [0.2, 0.25) is 0 Å². The molecule has 53 heavy (non-hydrogen) atoms. The van der Waals surface area contributed by atoms with E-state index in [4.69, 9.17) is 9.97 Å². The number of rotatable bonds is 4. The highest BCUT2D eigenvalue weighted by molar-refractivity contribution is 7.20. The van der Waals surface area contributed by atoms with Gasteiger partial charge in [0.25, 0.3) is 0 Å². The van der Waals surface area contributed by atoms with Crippen LogP contribution in [-0.2, 0) is 11.8 Å². The highest BCUT2D eigenvalue weighted by atomic mass is 32.1. The Morgan fingerprint density at radius 1 is 0.509 bits per heavy atom. The van der Waals surface area contributed by atoms with Gasteiger partial charge in [0, 0.05) is 26.3 Å². The molecule has 2 heterocycles. The Kier molecular flexibility index (Phi) is 7.42. The van der Waals surface area contributed by atoms with E-state index in [-0.39, 0.29) is 5.41 Å². The molecule has 0 bridgehead atoms. The lowest BCUT2D eigenvalue weighted by Gasteiger charge is -2.21. The molecule has 0 unspecified atom stereocenters. The van der Waals surface area contributed by atoms with Gasteiger partial charge >= 0.3 is 0 Å². The molecule has 2 aromatic heterocycles. The van der Waals surface area contributed by atoms with Crippen LogP contribution in [-0.4, -0.2) is 9.97 Å². The van der Waals surface area contributed by atoms with Gasteiger partial charge in [-0.3, -0.25) is 0 Å². The van der Waals surface area contributed by atoms with Crippen molar-refractivity contribution in [3.05, 3.63) is 162 Å². The van der Waals surface area contributed by atoms with Crippen molar-refractivity contribution in [2.75, 3.05) is 0 Å². The summed E-state index contributed by atoms with van der Waals surface area (Å²) in [7, 11) is 0. The molecule has 254 valence electrons. The Balaban J connectivity index is 1.23. The first-order valence-corrected chi connectivity index (χ1v) is 19.4. The maximum Gasteiger partial charge on any atom is 0.160 e. The van der Waals surface area contributed by atoms with Crippen LogP contribution < -0.4 is 0 Å². The number of aryl methyl sites for hydroxylation is 1. The zero-order chi connectivity index (χ0) is 35.7. The molecule has 0 saturated heterocycles. The van der Waals surface area contributed by atoms with Crippen LogP contribution in [0.2, 0.25) is 0 Å². The third-order valence-corrected chi connectivity index (χ3v) is 12.2. The quantitative estimate of drug-likeness (QED) is 0.171. The number of benzene rings is 7. The average molecular weight is 699 g/mol. The van der Waals surface area contributed by atoms with Crippen LogP contribution in [0.1, 0.15) is 43.2 Å². The summed E-state index contributed by atoms with van der Waals surface area (Å²) in [6, 6.07) is 50.8. The molecule has 9 aromatic rings. The average Bonchev–Trinajstić information content (AvgIpc) is 3.59.